The molecule has 0 aliphatic rings. The number of ether oxygens (including phenoxy) is 1. The van der Waals surface area contributed by atoms with Crippen molar-refractivity contribution in [1.29, 1.82) is 0 Å². The summed E-state index contributed by atoms with van der Waals surface area (Å²) in [5.74, 6) is 0.414. The molecule has 0 amide bonds. The number of hydrogen-bond acceptors (Lipinski definition) is 8. The highest BCUT2D eigenvalue weighted by Gasteiger charge is 2.24. The molecule has 9 nitrogen and oxygen atoms in total. The van der Waals surface area contributed by atoms with E-state index in [9.17, 15) is 17.6 Å². The van der Waals surface area contributed by atoms with E-state index in [-0.39, 0.29) is 34.9 Å². The first-order chi connectivity index (χ1) is 20.5. The van der Waals surface area contributed by atoms with Gasteiger partial charge in [0.15, 0.2) is 0 Å². The van der Waals surface area contributed by atoms with Crippen molar-refractivity contribution >= 4 is 22.3 Å². The number of rotatable bonds is 17. The van der Waals surface area contributed by atoms with E-state index >= 15 is 0 Å². The first-order valence-electron chi connectivity index (χ1n) is 14.7. The van der Waals surface area contributed by atoms with Gasteiger partial charge in [0.1, 0.15) is 19.6 Å². The molecule has 0 radical (unpaired) electrons. The summed E-state index contributed by atoms with van der Waals surface area (Å²) >= 11 is 0. The van der Waals surface area contributed by atoms with Gasteiger partial charge in [0.25, 0.3) is 10.0 Å². The Kier molecular flexibility index (Phi) is 12.6. The number of anilines is 1. The molecule has 3 aromatic rings. The quantitative estimate of drug-likeness (QED) is 0.144. The number of alkyl halides is 1. The maximum atomic E-state index is 13.4. The molecular weight excluding hydrogens is 569 g/mol. The van der Waals surface area contributed by atoms with E-state index in [0.29, 0.717) is 24.4 Å². The van der Waals surface area contributed by atoms with E-state index in [4.69, 9.17) is 4.74 Å². The predicted molar refractivity (Wildman–Crippen MR) is 169 cm³/mol. The highest BCUT2D eigenvalue weighted by Crippen LogP contribution is 2.30. The molecule has 11 heteroatoms. The summed E-state index contributed by atoms with van der Waals surface area (Å²) in [6.07, 6.45) is 3.34. The first kappa shape index (κ1) is 34.1. The minimum absolute atomic E-state index is 0.0757. The van der Waals surface area contributed by atoms with Crippen LogP contribution < -0.4 is 9.46 Å². The number of hydrazine groups is 1. The summed E-state index contributed by atoms with van der Waals surface area (Å²) in [6.45, 7) is 11.1. The number of likely N-dealkylation sites (N-methyl/N-ethyl adjacent to an activating group) is 1. The van der Waals surface area contributed by atoms with Crippen LogP contribution in [-0.4, -0.2) is 74.2 Å². The molecule has 0 bridgehead atoms. The van der Waals surface area contributed by atoms with Crippen LogP contribution in [0.1, 0.15) is 61.5 Å². The van der Waals surface area contributed by atoms with Crippen LogP contribution in [0.15, 0.2) is 53.4 Å². The number of halogens is 1. The second kappa shape index (κ2) is 15.9. The number of nitrogens with one attached hydrogen (secondary N) is 1. The largest absolute Gasteiger partial charge is 0.476 e. The van der Waals surface area contributed by atoms with Gasteiger partial charge in [-0.05, 0) is 55.9 Å². The maximum absolute atomic E-state index is 13.4. The third-order valence-electron chi connectivity index (χ3n) is 7.22. The molecule has 0 unspecified atom stereocenters. The summed E-state index contributed by atoms with van der Waals surface area (Å²) in [5, 5.41) is 4.08. The number of carbonyl (C=O) groups is 1. The van der Waals surface area contributed by atoms with Gasteiger partial charge in [-0.15, -0.1) is 0 Å². The summed E-state index contributed by atoms with van der Waals surface area (Å²) in [4.78, 5) is 20.2. The highest BCUT2D eigenvalue weighted by atomic mass is 32.2. The third-order valence-corrected chi connectivity index (χ3v) is 8.55. The Balaban J connectivity index is 2.00. The van der Waals surface area contributed by atoms with Crippen molar-refractivity contribution in [2.45, 2.75) is 64.8 Å². The number of aryl methyl sites for hydroxylation is 2. The summed E-state index contributed by atoms with van der Waals surface area (Å²) < 4.78 is 48.7. The molecule has 1 N–H and O–H groups in total. The zero-order valence-electron chi connectivity index (χ0n) is 26.0. The van der Waals surface area contributed by atoms with Gasteiger partial charge in [-0.3, -0.25) is 4.79 Å². The number of sulfonamides is 1. The lowest BCUT2D eigenvalue weighted by Gasteiger charge is -2.38. The van der Waals surface area contributed by atoms with Crippen LogP contribution in [0.5, 0.6) is 5.88 Å². The van der Waals surface area contributed by atoms with Gasteiger partial charge in [-0.2, -0.15) is 4.98 Å². The van der Waals surface area contributed by atoms with E-state index in [1.54, 1.807) is 6.07 Å². The van der Waals surface area contributed by atoms with Crippen LogP contribution in [0.25, 0.3) is 11.3 Å². The number of nitrogens with zero attached hydrogens (tertiary/aromatic N) is 4. The average molecular weight is 614 g/mol. The van der Waals surface area contributed by atoms with Crippen molar-refractivity contribution in [2.75, 3.05) is 38.1 Å². The van der Waals surface area contributed by atoms with Crippen LogP contribution in [0.3, 0.4) is 0 Å². The molecular formula is C32H44FN5O4S. The summed E-state index contributed by atoms with van der Waals surface area (Å²) in [6, 6.07) is 13.2. The molecule has 0 spiro atoms. The topological polar surface area (TPSA) is 105 Å². The smallest absolute Gasteiger partial charge is 0.264 e. The van der Waals surface area contributed by atoms with Gasteiger partial charge >= 0.3 is 0 Å². The zero-order valence-corrected chi connectivity index (χ0v) is 26.8. The van der Waals surface area contributed by atoms with Crippen LogP contribution >= 0.6 is 0 Å². The lowest BCUT2D eigenvalue weighted by atomic mass is 10.00. The van der Waals surface area contributed by atoms with Crippen LogP contribution in [0.2, 0.25) is 0 Å². The van der Waals surface area contributed by atoms with Gasteiger partial charge in [0.2, 0.25) is 11.8 Å². The molecule has 2 aromatic carbocycles. The second-order valence-corrected chi connectivity index (χ2v) is 12.8. The lowest BCUT2D eigenvalue weighted by Crippen LogP contribution is -2.50. The summed E-state index contributed by atoms with van der Waals surface area (Å²) in [7, 11) is -2.15. The Morgan fingerprint density at radius 2 is 1.74 bits per heavy atom. The normalized spacial score (nSPS) is 12.6. The standard InChI is InChI=1S/C32H44FN5O4S/c1-7-8-16-38(17-15-33)37(6)27(18-23(2)3)22-42-30-20-29(31-24(4)11-9-12-25(31)5)34-32(35-30)36-43(40,41)28-14-10-13-26(19-28)21-39/h9-14,19-21,23,27H,7-8,15-18,22H2,1-6H3,(H,34,35,36)/t27-/m1/s1. The number of hydrogen-bond donors (Lipinski definition) is 1. The van der Waals surface area contributed by atoms with Crippen LogP contribution in [0.4, 0.5) is 10.3 Å². The van der Waals surface area contributed by atoms with Crippen LogP contribution in [0, 0.1) is 19.8 Å². The van der Waals surface area contributed by atoms with E-state index < -0.39 is 16.7 Å². The fourth-order valence-electron chi connectivity index (χ4n) is 4.98. The highest BCUT2D eigenvalue weighted by molar-refractivity contribution is 7.92. The Bertz CT molecular complexity index is 1450. The predicted octanol–water partition coefficient (Wildman–Crippen LogP) is 6.09. The van der Waals surface area contributed by atoms with E-state index in [2.05, 4.69) is 40.5 Å². The van der Waals surface area contributed by atoms with Crippen molar-refractivity contribution in [3.63, 3.8) is 0 Å². The molecule has 0 saturated heterocycles. The minimum Gasteiger partial charge on any atom is -0.476 e. The number of carbonyl (C=O) groups excluding carboxylic acids is 1. The van der Waals surface area contributed by atoms with Crippen molar-refractivity contribution in [2.24, 2.45) is 5.92 Å². The molecule has 0 fully saturated rings. The van der Waals surface area contributed by atoms with Gasteiger partial charge < -0.3 is 4.74 Å². The number of unbranched alkanes of at least 4 members (excludes halogenated alkanes) is 1. The fraction of sp³-hybridized carbons (Fsp3) is 0.469. The fourth-order valence-corrected chi connectivity index (χ4v) is 5.97. The molecule has 1 atom stereocenters. The Labute approximate surface area is 255 Å². The van der Waals surface area contributed by atoms with Gasteiger partial charge in [-0.1, -0.05) is 57.5 Å². The second-order valence-electron chi connectivity index (χ2n) is 11.1. The molecule has 0 aliphatic heterocycles. The third kappa shape index (κ3) is 9.54. The maximum Gasteiger partial charge on any atom is 0.264 e. The Morgan fingerprint density at radius 3 is 2.37 bits per heavy atom. The number of aldehydes is 1. The van der Waals surface area contributed by atoms with Crippen molar-refractivity contribution in [3.05, 3.63) is 65.2 Å². The van der Waals surface area contributed by atoms with Crippen LogP contribution in [-0.2, 0) is 10.0 Å². The first-order valence-corrected chi connectivity index (χ1v) is 16.2. The van der Waals surface area contributed by atoms with Crippen molar-refractivity contribution in [1.82, 2.24) is 20.0 Å². The Hall–Kier alpha value is -3.41. The van der Waals surface area contributed by atoms with E-state index in [1.807, 2.05) is 44.1 Å². The number of aromatic nitrogens is 2. The van der Waals surface area contributed by atoms with Crippen molar-refractivity contribution in [3.8, 4) is 17.1 Å². The SMILES string of the molecule is CCCCN(CCF)N(C)[C@@H](COc1cc(-c2c(C)cccc2C)nc(NS(=O)(=O)c2cccc(C=O)c2)n1)CC(C)C. The van der Waals surface area contributed by atoms with Gasteiger partial charge in [0, 0.05) is 37.3 Å². The molecule has 234 valence electrons. The van der Waals surface area contributed by atoms with E-state index in [0.717, 1.165) is 42.5 Å². The zero-order chi connectivity index (χ0) is 31.6. The average Bonchev–Trinajstić information content (AvgIpc) is 2.96. The molecule has 43 heavy (non-hydrogen) atoms. The summed E-state index contributed by atoms with van der Waals surface area (Å²) in [5.41, 5.74) is 3.52. The molecule has 1 heterocycles. The molecule has 0 aliphatic carbocycles. The molecule has 0 saturated carbocycles. The van der Waals surface area contributed by atoms with Gasteiger partial charge in [-0.25, -0.2) is 32.5 Å². The Morgan fingerprint density at radius 1 is 1.05 bits per heavy atom. The number of benzene rings is 2. The monoisotopic (exact) mass is 613 g/mol. The molecule has 3 rings (SSSR count). The van der Waals surface area contributed by atoms with E-state index in [1.165, 1.54) is 24.3 Å². The van der Waals surface area contributed by atoms with Gasteiger partial charge in [0.05, 0.1) is 16.6 Å². The lowest BCUT2D eigenvalue weighted by molar-refractivity contribution is -0.0600. The molecule has 1 aromatic heterocycles. The van der Waals surface area contributed by atoms with Crippen molar-refractivity contribution < 1.29 is 22.3 Å². The minimum atomic E-state index is -4.11.